The third-order valence-electron chi connectivity index (χ3n) is 5.12. The van der Waals surface area contributed by atoms with Crippen LogP contribution in [-0.2, 0) is 6.54 Å². The number of furan rings is 1. The number of fused-ring (bicyclic) bond motifs is 1. The summed E-state index contributed by atoms with van der Waals surface area (Å²) in [5, 5.41) is 8.81. The monoisotopic (exact) mass is 489 g/mol. The molecule has 1 aliphatic heterocycles. The minimum atomic E-state index is -0.409. The molecule has 176 valence electrons. The van der Waals surface area contributed by atoms with Gasteiger partial charge in [-0.25, -0.2) is 0 Å². The number of hydrogen-bond acceptors (Lipinski definition) is 7. The van der Waals surface area contributed by atoms with Gasteiger partial charge >= 0.3 is 0 Å². The number of amides is 3. The van der Waals surface area contributed by atoms with Crippen LogP contribution in [0, 0.1) is 0 Å². The summed E-state index contributed by atoms with van der Waals surface area (Å²) in [6, 6.07) is 18.6. The van der Waals surface area contributed by atoms with Crippen LogP contribution in [0.5, 0.6) is 11.5 Å². The first-order chi connectivity index (χ1) is 17.1. The van der Waals surface area contributed by atoms with Gasteiger partial charge in [-0.05, 0) is 54.1 Å². The first-order valence-corrected chi connectivity index (χ1v) is 11.4. The van der Waals surface area contributed by atoms with E-state index in [0.29, 0.717) is 32.6 Å². The Morgan fingerprint density at radius 3 is 2.54 bits per heavy atom. The molecular formula is C25H19N3O6S. The molecule has 0 spiro atoms. The van der Waals surface area contributed by atoms with Crippen molar-refractivity contribution in [2.75, 3.05) is 17.4 Å². The summed E-state index contributed by atoms with van der Waals surface area (Å²) < 4.78 is 15.7. The summed E-state index contributed by atoms with van der Waals surface area (Å²) in [5.74, 6) is 0.338. The molecule has 0 saturated carbocycles. The minimum absolute atomic E-state index is 0.171. The molecule has 3 N–H and O–H groups in total. The quantitative estimate of drug-likeness (QED) is 0.352. The van der Waals surface area contributed by atoms with Crippen LogP contribution >= 0.6 is 11.3 Å². The zero-order chi connectivity index (χ0) is 24.2. The minimum Gasteiger partial charge on any atom is -0.459 e. The predicted octanol–water partition coefficient (Wildman–Crippen LogP) is 4.50. The topological polar surface area (TPSA) is 119 Å². The summed E-state index contributed by atoms with van der Waals surface area (Å²) >= 11 is 1.11. The molecule has 0 radical (unpaired) electrons. The first-order valence-electron chi connectivity index (χ1n) is 10.6. The number of benzene rings is 2. The van der Waals surface area contributed by atoms with E-state index in [2.05, 4.69) is 16.0 Å². The zero-order valence-corrected chi connectivity index (χ0v) is 19.0. The van der Waals surface area contributed by atoms with Crippen LogP contribution in [0.15, 0.2) is 77.4 Å². The van der Waals surface area contributed by atoms with Crippen LogP contribution in [0.3, 0.4) is 0 Å². The molecule has 0 unspecified atom stereocenters. The molecule has 4 aromatic rings. The van der Waals surface area contributed by atoms with Crippen molar-refractivity contribution >= 4 is 39.7 Å². The van der Waals surface area contributed by atoms with E-state index in [1.54, 1.807) is 54.6 Å². The van der Waals surface area contributed by atoms with Crippen molar-refractivity contribution in [1.29, 1.82) is 0 Å². The number of hydrogen-bond donors (Lipinski definition) is 3. The first kappa shape index (κ1) is 22.2. The summed E-state index contributed by atoms with van der Waals surface area (Å²) in [6.45, 7) is 0.460. The van der Waals surface area contributed by atoms with Crippen LogP contribution in [-0.4, -0.2) is 24.5 Å². The molecule has 3 amide bonds. The van der Waals surface area contributed by atoms with E-state index in [4.69, 9.17) is 13.9 Å². The maximum atomic E-state index is 12.9. The van der Waals surface area contributed by atoms with Gasteiger partial charge in [0.05, 0.1) is 27.4 Å². The fraction of sp³-hybridized carbons (Fsp3) is 0.0800. The van der Waals surface area contributed by atoms with E-state index in [0.717, 1.165) is 16.9 Å². The van der Waals surface area contributed by atoms with Crippen molar-refractivity contribution in [3.05, 3.63) is 94.8 Å². The largest absolute Gasteiger partial charge is 0.459 e. The van der Waals surface area contributed by atoms with E-state index >= 15 is 0 Å². The summed E-state index contributed by atoms with van der Waals surface area (Å²) in [4.78, 5) is 38.2. The molecule has 0 aliphatic carbocycles. The van der Waals surface area contributed by atoms with E-state index in [1.165, 1.54) is 6.26 Å². The van der Waals surface area contributed by atoms with Crippen LogP contribution in [0.25, 0.3) is 0 Å². The highest BCUT2D eigenvalue weighted by Gasteiger charge is 2.18. The lowest BCUT2D eigenvalue weighted by molar-refractivity contribution is 0.0950. The normalized spacial score (nSPS) is 11.7. The Hall–Kier alpha value is -4.57. The smallest absolute Gasteiger partial charge is 0.291 e. The molecule has 35 heavy (non-hydrogen) atoms. The second-order valence-corrected chi connectivity index (χ2v) is 8.55. The predicted molar refractivity (Wildman–Crippen MR) is 129 cm³/mol. The lowest BCUT2D eigenvalue weighted by atomic mass is 10.1. The van der Waals surface area contributed by atoms with Crippen LogP contribution in [0.4, 0.5) is 10.7 Å². The maximum absolute atomic E-state index is 12.9. The number of nitrogens with one attached hydrogen (secondary N) is 3. The second kappa shape index (κ2) is 9.74. The third-order valence-corrected chi connectivity index (χ3v) is 6.12. The zero-order valence-electron chi connectivity index (χ0n) is 18.2. The Morgan fingerprint density at radius 2 is 1.69 bits per heavy atom. The molecule has 1 aliphatic rings. The number of para-hydroxylation sites is 1. The van der Waals surface area contributed by atoms with Gasteiger partial charge in [0, 0.05) is 6.54 Å². The van der Waals surface area contributed by atoms with Gasteiger partial charge in [0.15, 0.2) is 17.3 Å². The fourth-order valence-electron chi connectivity index (χ4n) is 3.41. The van der Waals surface area contributed by atoms with Gasteiger partial charge in [-0.2, -0.15) is 0 Å². The third kappa shape index (κ3) is 5.02. The number of carbonyl (C=O) groups excluding carboxylic acids is 3. The Labute approximate surface area is 203 Å². The van der Waals surface area contributed by atoms with E-state index in [-0.39, 0.29) is 25.0 Å². The highest BCUT2D eigenvalue weighted by molar-refractivity contribution is 7.18. The molecule has 9 nitrogen and oxygen atoms in total. The molecule has 10 heteroatoms. The summed E-state index contributed by atoms with van der Waals surface area (Å²) in [5.41, 5.74) is 1.55. The summed E-state index contributed by atoms with van der Waals surface area (Å²) in [6.07, 6.45) is 1.41. The van der Waals surface area contributed by atoms with Crippen LogP contribution in [0.2, 0.25) is 0 Å². The van der Waals surface area contributed by atoms with Gasteiger partial charge in [0.2, 0.25) is 6.79 Å². The van der Waals surface area contributed by atoms with E-state index in [1.807, 2.05) is 12.1 Å². The number of carbonyl (C=O) groups is 3. The van der Waals surface area contributed by atoms with Gasteiger partial charge in [-0.15, -0.1) is 11.3 Å². The lowest BCUT2D eigenvalue weighted by Gasteiger charge is -2.11. The van der Waals surface area contributed by atoms with Gasteiger partial charge in [0.25, 0.3) is 17.7 Å². The fourth-order valence-corrected chi connectivity index (χ4v) is 4.21. The number of rotatable bonds is 7. The van der Waals surface area contributed by atoms with Crippen molar-refractivity contribution in [2.24, 2.45) is 0 Å². The molecule has 0 fully saturated rings. The Morgan fingerprint density at radius 1 is 0.829 bits per heavy atom. The van der Waals surface area contributed by atoms with Gasteiger partial charge < -0.3 is 29.8 Å². The number of ether oxygens (including phenoxy) is 2. The molecule has 0 bridgehead atoms. The Balaban J connectivity index is 1.22. The maximum Gasteiger partial charge on any atom is 0.291 e. The highest BCUT2D eigenvalue weighted by atomic mass is 32.1. The Kier molecular flexibility index (Phi) is 6.18. The van der Waals surface area contributed by atoms with Crippen LogP contribution in [0.1, 0.15) is 36.1 Å². The van der Waals surface area contributed by atoms with E-state index in [9.17, 15) is 14.4 Å². The van der Waals surface area contributed by atoms with Crippen molar-refractivity contribution in [3.8, 4) is 11.5 Å². The number of anilines is 2. The van der Waals surface area contributed by atoms with Gasteiger partial charge in [0.1, 0.15) is 0 Å². The van der Waals surface area contributed by atoms with Gasteiger partial charge in [-0.1, -0.05) is 18.2 Å². The lowest BCUT2D eigenvalue weighted by Crippen LogP contribution is -2.24. The standard InChI is InChI=1S/C25H19N3O6S/c29-23(26-13-15-7-8-18-20(12-15)34-14-33-18)16-4-1-2-5-17(16)27-25(31)21-9-10-22(35-21)28-24(30)19-6-3-11-32-19/h1-12H,13-14H2,(H,26,29)(H,27,31)(H,28,30). The summed E-state index contributed by atoms with van der Waals surface area (Å²) in [7, 11) is 0. The molecule has 2 aromatic carbocycles. The second-order valence-electron chi connectivity index (χ2n) is 7.47. The molecule has 3 heterocycles. The van der Waals surface area contributed by atoms with Crippen molar-refractivity contribution in [3.63, 3.8) is 0 Å². The average molecular weight is 490 g/mol. The van der Waals surface area contributed by atoms with E-state index < -0.39 is 11.8 Å². The van der Waals surface area contributed by atoms with Crippen molar-refractivity contribution in [1.82, 2.24) is 5.32 Å². The molecule has 5 rings (SSSR count). The molecule has 0 atom stereocenters. The van der Waals surface area contributed by atoms with Crippen molar-refractivity contribution < 1.29 is 28.3 Å². The van der Waals surface area contributed by atoms with Crippen molar-refractivity contribution in [2.45, 2.75) is 6.54 Å². The highest BCUT2D eigenvalue weighted by Crippen LogP contribution is 2.32. The molecule has 2 aromatic heterocycles. The van der Waals surface area contributed by atoms with Gasteiger partial charge in [-0.3, -0.25) is 14.4 Å². The Bertz CT molecular complexity index is 1400. The molecule has 0 saturated heterocycles. The SMILES string of the molecule is O=C(Nc1ccc(C(=O)Nc2ccccc2C(=O)NCc2ccc3c(c2)OCO3)s1)c1ccco1. The average Bonchev–Trinajstić information content (AvgIpc) is 3.64. The number of thiophene rings is 1. The molecular weight excluding hydrogens is 470 g/mol. The van der Waals surface area contributed by atoms with Crippen LogP contribution < -0.4 is 25.4 Å².